The number of fused-ring (bicyclic) bond motifs is 4. The van der Waals surface area contributed by atoms with Gasteiger partial charge in [-0.15, -0.1) is 0 Å². The molecule has 204 valence electrons. The zero-order chi connectivity index (χ0) is 28.2. The van der Waals surface area contributed by atoms with Crippen molar-refractivity contribution in [2.75, 3.05) is 14.2 Å². The molecule has 2 aromatic carbocycles. The molecule has 2 heterocycles. The normalized spacial score (nSPS) is 29.8. The number of carbonyl (C=O) groups excluding carboxylic acids is 3. The number of rotatable bonds is 4. The van der Waals surface area contributed by atoms with E-state index < -0.39 is 40.4 Å². The number of Topliss-reactive ketones (excluding diaryl/α,β-unsaturated/α-hetero) is 1. The van der Waals surface area contributed by atoms with Crippen LogP contribution >= 0.6 is 0 Å². The van der Waals surface area contributed by atoms with Crippen molar-refractivity contribution in [2.24, 2.45) is 22.7 Å². The van der Waals surface area contributed by atoms with Gasteiger partial charge in [-0.25, -0.2) is 0 Å². The van der Waals surface area contributed by atoms with E-state index in [1.54, 1.807) is 0 Å². The molecule has 2 bridgehead atoms. The van der Waals surface area contributed by atoms with Crippen LogP contribution in [0.25, 0.3) is 21.8 Å². The molecule has 2 aliphatic rings. The Balaban J connectivity index is 1.66. The Labute approximate surface area is 232 Å². The Morgan fingerprint density at radius 2 is 1.12 bits per heavy atom. The lowest BCUT2D eigenvalue weighted by molar-refractivity contribution is -0.189. The van der Waals surface area contributed by atoms with Crippen LogP contribution < -0.4 is 0 Å². The molecule has 2 saturated carbocycles. The minimum atomic E-state index is -1.59. The first kappa shape index (κ1) is 26.1. The lowest BCUT2D eigenvalue weighted by Gasteiger charge is -2.58. The van der Waals surface area contributed by atoms with Crippen molar-refractivity contribution in [1.82, 2.24) is 9.97 Å². The van der Waals surface area contributed by atoms with E-state index in [-0.39, 0.29) is 24.7 Å². The first-order valence-corrected chi connectivity index (χ1v) is 13.7. The van der Waals surface area contributed by atoms with Gasteiger partial charge in [0.15, 0.2) is 5.78 Å². The molecule has 0 spiro atoms. The largest absolute Gasteiger partial charge is 0.468 e. The molecule has 4 atom stereocenters. The summed E-state index contributed by atoms with van der Waals surface area (Å²) in [5.41, 5.74) is -0.389. The zero-order valence-electron chi connectivity index (χ0n) is 23.1. The number of esters is 2. The summed E-state index contributed by atoms with van der Waals surface area (Å²) in [5.74, 6) is -3.52. The average Bonchev–Trinajstić information content (AvgIpc) is 2.97. The Morgan fingerprint density at radius 3 is 1.55 bits per heavy atom. The molecule has 0 N–H and O–H groups in total. The molecular formula is C33H32N2O5. The number of pyridine rings is 2. The van der Waals surface area contributed by atoms with E-state index in [0.29, 0.717) is 11.4 Å². The molecule has 7 nitrogen and oxygen atoms in total. The van der Waals surface area contributed by atoms with Gasteiger partial charge in [0.25, 0.3) is 0 Å². The monoisotopic (exact) mass is 536 g/mol. The summed E-state index contributed by atoms with van der Waals surface area (Å²) < 4.78 is 10.7. The van der Waals surface area contributed by atoms with Gasteiger partial charge in [0.1, 0.15) is 10.8 Å². The maximum absolute atomic E-state index is 15.0. The van der Waals surface area contributed by atoms with Gasteiger partial charge in [-0.1, -0.05) is 62.4 Å². The second-order valence-electron chi connectivity index (χ2n) is 11.4. The number of nitrogens with zero attached hydrogens (tertiary/aromatic N) is 2. The van der Waals surface area contributed by atoms with Gasteiger partial charge in [0.05, 0.1) is 25.3 Å². The number of benzene rings is 2. The van der Waals surface area contributed by atoms with Gasteiger partial charge in [-0.05, 0) is 48.9 Å². The van der Waals surface area contributed by atoms with Crippen molar-refractivity contribution in [3.8, 4) is 0 Å². The maximum atomic E-state index is 15.0. The van der Waals surface area contributed by atoms with E-state index in [1.807, 2.05) is 86.6 Å². The topological polar surface area (TPSA) is 95.5 Å². The van der Waals surface area contributed by atoms with Crippen molar-refractivity contribution < 1.29 is 23.9 Å². The van der Waals surface area contributed by atoms with E-state index in [2.05, 4.69) is 0 Å². The van der Waals surface area contributed by atoms with Crippen LogP contribution in [-0.4, -0.2) is 41.9 Å². The Hall–Kier alpha value is -4.13. The smallest absolute Gasteiger partial charge is 0.320 e. The molecule has 2 aromatic heterocycles. The number of aromatic nitrogens is 2. The second kappa shape index (κ2) is 9.51. The Morgan fingerprint density at radius 1 is 0.700 bits per heavy atom. The molecule has 4 unspecified atom stereocenters. The third-order valence-electron chi connectivity index (χ3n) is 9.24. The predicted molar refractivity (Wildman–Crippen MR) is 150 cm³/mol. The van der Waals surface area contributed by atoms with E-state index in [0.717, 1.165) is 21.8 Å². The number of ether oxygens (including phenoxy) is 2. The first-order chi connectivity index (χ1) is 19.3. The summed E-state index contributed by atoms with van der Waals surface area (Å²) in [6.07, 6.45) is 0.525. The quantitative estimate of drug-likeness (QED) is 0.247. The molecule has 0 radical (unpaired) electrons. The van der Waals surface area contributed by atoms with Gasteiger partial charge in [-0.3, -0.25) is 24.4 Å². The van der Waals surface area contributed by atoms with Crippen molar-refractivity contribution in [3.05, 3.63) is 84.2 Å². The van der Waals surface area contributed by atoms with E-state index in [4.69, 9.17) is 19.4 Å². The van der Waals surface area contributed by atoms with Gasteiger partial charge in [0.2, 0.25) is 0 Å². The molecule has 2 aliphatic carbocycles. The molecule has 0 saturated heterocycles. The molecular weight excluding hydrogens is 504 g/mol. The number of methoxy groups -OCH3 is 2. The zero-order valence-corrected chi connectivity index (χ0v) is 23.1. The Kier molecular flexibility index (Phi) is 6.21. The molecule has 0 amide bonds. The highest BCUT2D eigenvalue weighted by atomic mass is 16.5. The van der Waals surface area contributed by atoms with Crippen LogP contribution in [0.4, 0.5) is 0 Å². The SMILES string of the molecule is COC(=O)C12CC(C)CC(C(=O)OC)(C1=O)C(c1ccc3ccccc3n1)C(C)C2c1ccc2ccccc2n1. The van der Waals surface area contributed by atoms with E-state index >= 15 is 0 Å². The fraction of sp³-hybridized carbons (Fsp3) is 0.364. The van der Waals surface area contributed by atoms with Crippen molar-refractivity contribution in [2.45, 2.75) is 38.5 Å². The maximum Gasteiger partial charge on any atom is 0.320 e. The molecule has 6 rings (SSSR count). The van der Waals surface area contributed by atoms with Crippen LogP contribution in [0, 0.1) is 22.7 Å². The minimum Gasteiger partial charge on any atom is -0.468 e. The van der Waals surface area contributed by atoms with Gasteiger partial charge < -0.3 is 9.47 Å². The van der Waals surface area contributed by atoms with Gasteiger partial charge in [-0.2, -0.15) is 0 Å². The predicted octanol–water partition coefficient (Wildman–Crippen LogP) is 5.62. The summed E-state index contributed by atoms with van der Waals surface area (Å²) in [6.45, 7) is 3.98. The summed E-state index contributed by atoms with van der Waals surface area (Å²) >= 11 is 0. The summed E-state index contributed by atoms with van der Waals surface area (Å²) in [4.78, 5) is 52.7. The molecule has 2 fully saturated rings. The third-order valence-corrected chi connectivity index (χ3v) is 9.24. The van der Waals surface area contributed by atoms with Crippen molar-refractivity contribution in [1.29, 1.82) is 0 Å². The van der Waals surface area contributed by atoms with Crippen LogP contribution in [0.5, 0.6) is 0 Å². The van der Waals surface area contributed by atoms with Crippen molar-refractivity contribution in [3.63, 3.8) is 0 Å². The average molecular weight is 537 g/mol. The first-order valence-electron chi connectivity index (χ1n) is 13.7. The highest BCUT2D eigenvalue weighted by Gasteiger charge is 2.74. The highest BCUT2D eigenvalue weighted by molar-refractivity contribution is 6.17. The van der Waals surface area contributed by atoms with Crippen LogP contribution in [0.2, 0.25) is 0 Å². The summed E-state index contributed by atoms with van der Waals surface area (Å²) in [7, 11) is 2.60. The fourth-order valence-electron chi connectivity index (χ4n) is 7.91. The standard InChI is InChI=1S/C33H32N2O5/c1-19-17-32(30(37)39-3)27(25-15-13-21-9-5-7-11-23(21)34-25)20(2)28(33(18-19,29(32)36)31(38)40-4)26-16-14-22-10-6-8-12-24(22)35-26/h5-16,19-20,27-28H,17-18H2,1-4H3. The lowest BCUT2D eigenvalue weighted by Crippen LogP contribution is -2.67. The van der Waals surface area contributed by atoms with Crippen LogP contribution in [0.15, 0.2) is 72.8 Å². The van der Waals surface area contributed by atoms with E-state index in [1.165, 1.54) is 14.2 Å². The summed E-state index contributed by atoms with van der Waals surface area (Å²) in [6, 6.07) is 23.3. The number of para-hydroxylation sites is 2. The molecule has 7 heteroatoms. The number of hydrogen-bond acceptors (Lipinski definition) is 7. The van der Waals surface area contributed by atoms with Gasteiger partial charge >= 0.3 is 11.9 Å². The van der Waals surface area contributed by atoms with Gasteiger partial charge in [0, 0.05) is 34.0 Å². The van der Waals surface area contributed by atoms with Crippen LogP contribution in [0.1, 0.15) is 49.9 Å². The van der Waals surface area contributed by atoms with E-state index in [9.17, 15) is 14.4 Å². The molecule has 0 aliphatic heterocycles. The van der Waals surface area contributed by atoms with Crippen LogP contribution in [0.3, 0.4) is 0 Å². The third kappa shape index (κ3) is 3.53. The van der Waals surface area contributed by atoms with Crippen LogP contribution in [-0.2, 0) is 23.9 Å². The van der Waals surface area contributed by atoms with Crippen molar-refractivity contribution >= 4 is 39.5 Å². The molecule has 4 aromatic rings. The summed E-state index contributed by atoms with van der Waals surface area (Å²) in [5, 5.41) is 1.92. The lowest BCUT2D eigenvalue weighted by atomic mass is 9.41. The number of ketones is 1. The number of carbonyl (C=O) groups is 3. The minimum absolute atomic E-state index is 0.144. The highest BCUT2D eigenvalue weighted by Crippen LogP contribution is 2.67. The fourth-order valence-corrected chi connectivity index (χ4v) is 7.91. The Bertz CT molecular complexity index is 1550. The second-order valence-corrected chi connectivity index (χ2v) is 11.4. The molecule has 40 heavy (non-hydrogen) atoms. The number of hydrogen-bond donors (Lipinski definition) is 0.